The topological polar surface area (TPSA) is 122 Å². The van der Waals surface area contributed by atoms with Crippen molar-refractivity contribution in [2.75, 3.05) is 11.9 Å². The van der Waals surface area contributed by atoms with Gasteiger partial charge in [0.1, 0.15) is 23.2 Å². The number of carbonyl (C=O) groups is 2. The van der Waals surface area contributed by atoms with E-state index in [4.69, 9.17) is 4.98 Å². The number of amides is 2. The number of benzene rings is 1. The number of nitrogens with one attached hydrogen (secondary N) is 1. The monoisotopic (exact) mass is 590 g/mol. The van der Waals surface area contributed by atoms with Crippen LogP contribution in [0.2, 0.25) is 0 Å². The van der Waals surface area contributed by atoms with E-state index in [-0.39, 0.29) is 23.3 Å². The van der Waals surface area contributed by atoms with Crippen molar-refractivity contribution < 1.29 is 14.7 Å². The normalized spacial score (nSPS) is 12.0. The number of hydrogen-bond acceptors (Lipinski definition) is 5. The lowest BCUT2D eigenvalue weighted by atomic mass is 9.95. The molecule has 1 aromatic carbocycles. The molecule has 0 aliphatic carbocycles. The summed E-state index contributed by atoms with van der Waals surface area (Å²) >= 11 is 0. The van der Waals surface area contributed by atoms with Gasteiger partial charge in [0, 0.05) is 37.0 Å². The van der Waals surface area contributed by atoms with Crippen molar-refractivity contribution >= 4 is 34.4 Å². The number of aromatic nitrogens is 4. The van der Waals surface area contributed by atoms with Crippen LogP contribution in [-0.4, -0.2) is 53.5 Å². The largest absolute Gasteiger partial charge is 0.465 e. The van der Waals surface area contributed by atoms with Crippen molar-refractivity contribution in [3.8, 4) is 23.1 Å². The van der Waals surface area contributed by atoms with Gasteiger partial charge in [0.25, 0.3) is 5.56 Å². The van der Waals surface area contributed by atoms with Gasteiger partial charge in [-0.25, -0.2) is 14.8 Å². The highest BCUT2D eigenvalue weighted by atomic mass is 16.4. The van der Waals surface area contributed by atoms with Crippen molar-refractivity contribution in [3.05, 3.63) is 94.2 Å². The Labute approximate surface area is 255 Å². The molecule has 4 heterocycles. The van der Waals surface area contributed by atoms with Crippen molar-refractivity contribution in [2.24, 2.45) is 12.5 Å². The Bertz CT molecular complexity index is 2040. The minimum absolute atomic E-state index is 0.0911. The molecule has 4 aromatic heterocycles. The van der Waals surface area contributed by atoms with E-state index in [0.717, 1.165) is 44.0 Å². The summed E-state index contributed by atoms with van der Waals surface area (Å²) in [5.41, 5.74) is 4.61. The molecule has 0 saturated heterocycles. The molecule has 0 spiro atoms. The Hall–Kier alpha value is -5.43. The molecule has 2 N–H and O–H groups in total. The van der Waals surface area contributed by atoms with Crippen LogP contribution in [0.15, 0.2) is 71.7 Å². The lowest BCUT2D eigenvalue weighted by Gasteiger charge is -2.31. The number of carboxylic acid groups (broad SMARTS) is 1. The summed E-state index contributed by atoms with van der Waals surface area (Å²) in [4.78, 5) is 47.8. The molecule has 10 nitrogen and oxygen atoms in total. The van der Waals surface area contributed by atoms with Gasteiger partial charge in [-0.1, -0.05) is 32.8 Å². The predicted molar refractivity (Wildman–Crippen MR) is 171 cm³/mol. The molecule has 1 atom stereocenters. The van der Waals surface area contributed by atoms with E-state index < -0.39 is 18.0 Å². The molecule has 10 heteroatoms. The van der Waals surface area contributed by atoms with Crippen LogP contribution in [0, 0.1) is 24.2 Å². The Morgan fingerprint density at radius 2 is 1.82 bits per heavy atom. The van der Waals surface area contributed by atoms with Crippen LogP contribution in [0.1, 0.15) is 44.6 Å². The molecule has 1 unspecified atom stereocenters. The van der Waals surface area contributed by atoms with Gasteiger partial charge < -0.3 is 15.0 Å². The lowest BCUT2D eigenvalue weighted by Crippen LogP contribution is -2.48. The van der Waals surface area contributed by atoms with Gasteiger partial charge in [0.2, 0.25) is 5.91 Å². The van der Waals surface area contributed by atoms with E-state index >= 15 is 0 Å². The number of pyridine rings is 3. The number of nitrogens with zero attached hydrogens (tertiary/aromatic N) is 5. The average Bonchev–Trinajstić information content (AvgIpc) is 3.31. The van der Waals surface area contributed by atoms with Gasteiger partial charge >= 0.3 is 6.09 Å². The highest BCUT2D eigenvalue weighted by Gasteiger charge is 2.30. The Balaban J connectivity index is 1.56. The SMILES string of the molecule is Cc1nc2ccccn2c1-c1ccc(NC(=O)C(C)N(CC(C)(C)C)C(=O)O)nc1C#Cc1ccc2c(ccc(=O)n2C)c1. The molecular weight excluding hydrogens is 556 g/mol. The number of anilines is 1. The van der Waals surface area contributed by atoms with Crippen LogP contribution in [0.5, 0.6) is 0 Å². The molecule has 0 bridgehead atoms. The summed E-state index contributed by atoms with van der Waals surface area (Å²) in [6, 6.07) is 17.2. The van der Waals surface area contributed by atoms with Crippen LogP contribution >= 0.6 is 0 Å². The lowest BCUT2D eigenvalue weighted by molar-refractivity contribution is -0.120. The number of aryl methyl sites for hydroxylation is 2. The van der Waals surface area contributed by atoms with Crippen molar-refractivity contribution in [2.45, 2.75) is 40.7 Å². The Morgan fingerprint density at radius 1 is 1.05 bits per heavy atom. The first-order chi connectivity index (χ1) is 20.8. The highest BCUT2D eigenvalue weighted by molar-refractivity contribution is 5.95. The van der Waals surface area contributed by atoms with Crippen LogP contribution < -0.4 is 10.9 Å². The smallest absolute Gasteiger partial charge is 0.407 e. The van der Waals surface area contributed by atoms with E-state index in [1.165, 1.54) is 6.07 Å². The van der Waals surface area contributed by atoms with Gasteiger partial charge in [0.15, 0.2) is 0 Å². The maximum atomic E-state index is 13.2. The van der Waals surface area contributed by atoms with Crippen LogP contribution in [-0.2, 0) is 11.8 Å². The first-order valence-corrected chi connectivity index (χ1v) is 14.2. The number of carbonyl (C=O) groups excluding carboxylic acids is 1. The molecular formula is C34H34N6O4. The van der Waals surface area contributed by atoms with Crippen LogP contribution in [0.4, 0.5) is 10.6 Å². The third-order valence-corrected chi connectivity index (χ3v) is 7.29. The van der Waals surface area contributed by atoms with Crippen molar-refractivity contribution in [1.82, 2.24) is 23.8 Å². The molecule has 44 heavy (non-hydrogen) atoms. The minimum Gasteiger partial charge on any atom is -0.465 e. The fourth-order valence-electron chi connectivity index (χ4n) is 5.10. The summed E-state index contributed by atoms with van der Waals surface area (Å²) in [5, 5.41) is 13.4. The van der Waals surface area contributed by atoms with Gasteiger partial charge in [-0.15, -0.1) is 0 Å². The first-order valence-electron chi connectivity index (χ1n) is 14.2. The van der Waals surface area contributed by atoms with Crippen LogP contribution in [0.3, 0.4) is 0 Å². The van der Waals surface area contributed by atoms with Crippen molar-refractivity contribution in [1.29, 1.82) is 0 Å². The molecule has 2 amide bonds. The first kappa shape index (κ1) is 30.0. The summed E-state index contributed by atoms with van der Waals surface area (Å²) in [6.07, 6.45) is 0.749. The quantitative estimate of drug-likeness (QED) is 0.268. The molecule has 5 rings (SSSR count). The molecule has 0 saturated carbocycles. The number of fused-ring (bicyclic) bond motifs is 2. The van der Waals surface area contributed by atoms with E-state index in [2.05, 4.69) is 22.1 Å². The number of rotatable bonds is 5. The second kappa shape index (κ2) is 11.7. The number of imidazole rings is 1. The fourth-order valence-corrected chi connectivity index (χ4v) is 5.10. The maximum absolute atomic E-state index is 13.2. The summed E-state index contributed by atoms with van der Waals surface area (Å²) in [7, 11) is 1.73. The fraction of sp³-hybridized carbons (Fsp3) is 0.265. The maximum Gasteiger partial charge on any atom is 0.407 e. The third-order valence-electron chi connectivity index (χ3n) is 7.29. The highest BCUT2D eigenvalue weighted by Crippen LogP contribution is 2.28. The van der Waals surface area contributed by atoms with E-state index in [0.29, 0.717) is 5.69 Å². The third kappa shape index (κ3) is 6.17. The molecule has 224 valence electrons. The second-order valence-electron chi connectivity index (χ2n) is 12.0. The number of hydrogen-bond donors (Lipinski definition) is 2. The molecule has 0 aliphatic rings. The van der Waals surface area contributed by atoms with E-state index in [1.807, 2.05) is 80.8 Å². The Morgan fingerprint density at radius 3 is 2.55 bits per heavy atom. The molecule has 0 aliphatic heterocycles. The minimum atomic E-state index is -1.17. The van der Waals surface area contributed by atoms with Gasteiger partial charge in [-0.3, -0.25) is 18.9 Å². The van der Waals surface area contributed by atoms with E-state index in [9.17, 15) is 19.5 Å². The second-order valence-corrected chi connectivity index (χ2v) is 12.0. The van der Waals surface area contributed by atoms with Gasteiger partial charge in [-0.2, -0.15) is 0 Å². The average molecular weight is 591 g/mol. The zero-order valence-electron chi connectivity index (χ0n) is 25.5. The molecule has 5 aromatic rings. The van der Waals surface area contributed by atoms with E-state index in [1.54, 1.807) is 30.7 Å². The zero-order chi connectivity index (χ0) is 31.8. The summed E-state index contributed by atoms with van der Waals surface area (Å²) in [6.45, 7) is 9.40. The summed E-state index contributed by atoms with van der Waals surface area (Å²) < 4.78 is 3.55. The summed E-state index contributed by atoms with van der Waals surface area (Å²) in [5.74, 6) is 6.13. The van der Waals surface area contributed by atoms with Gasteiger partial charge in [0.05, 0.1) is 16.9 Å². The van der Waals surface area contributed by atoms with Gasteiger partial charge in [-0.05, 0) is 79.1 Å². The molecule has 0 radical (unpaired) electrons. The Kier molecular flexibility index (Phi) is 7.98. The zero-order valence-corrected chi connectivity index (χ0v) is 25.5. The predicted octanol–water partition coefficient (Wildman–Crippen LogP) is 5.31. The van der Waals surface area contributed by atoms with Crippen LogP contribution in [0.25, 0.3) is 27.8 Å². The van der Waals surface area contributed by atoms with Crippen molar-refractivity contribution in [3.63, 3.8) is 0 Å². The standard InChI is InChI=1S/C34H34N6O4/c1-21-31(39-18-8-7-9-29(39)35-21)25-13-16-28(37-32(42)22(2)40(33(43)44)20-34(3,4)5)36-26(25)14-10-23-11-15-27-24(19-23)12-17-30(41)38(27)6/h7-9,11-13,15-19,22H,20H2,1-6H3,(H,43,44)(H,36,37,42). The molecule has 0 fully saturated rings.